The summed E-state index contributed by atoms with van der Waals surface area (Å²) < 4.78 is 18.9. The highest BCUT2D eigenvalue weighted by atomic mass is 19.1. The minimum absolute atomic E-state index is 0.222. The molecule has 3 aromatic carbocycles. The van der Waals surface area contributed by atoms with Gasteiger partial charge in [0.15, 0.2) is 0 Å². The van der Waals surface area contributed by atoms with Crippen LogP contribution in [0.3, 0.4) is 0 Å². The molecule has 0 unspecified atom stereocenters. The molecule has 120 valence electrons. The van der Waals surface area contributed by atoms with Crippen LogP contribution in [0.15, 0.2) is 72.8 Å². The van der Waals surface area contributed by atoms with Crippen LogP contribution in [0.5, 0.6) is 0 Å². The number of hydrogen-bond acceptors (Lipinski definition) is 2. The van der Waals surface area contributed by atoms with Crippen molar-refractivity contribution in [2.45, 2.75) is 19.8 Å². The molecule has 2 nitrogen and oxygen atoms in total. The first-order chi connectivity index (χ1) is 11.8. The minimum atomic E-state index is -0.222. The Kier molecular flexibility index (Phi) is 4.01. The zero-order chi connectivity index (χ0) is 16.4. The largest absolute Gasteiger partial charge is 0.372 e. The number of fused-ring (bicyclic) bond motifs is 1. The van der Waals surface area contributed by atoms with E-state index in [1.165, 1.54) is 28.8 Å². The Hall–Kier alpha value is -2.65. The number of hydrogen-bond donors (Lipinski definition) is 0. The SMILES string of the molecule is Fc1ccc(N(Cc2cccc3c2COC3)c2ccccc2)cc1. The summed E-state index contributed by atoms with van der Waals surface area (Å²) in [5, 5.41) is 0. The molecule has 3 heteroatoms. The van der Waals surface area contributed by atoms with Crippen molar-refractivity contribution in [3.8, 4) is 0 Å². The summed E-state index contributed by atoms with van der Waals surface area (Å²) >= 11 is 0. The minimum Gasteiger partial charge on any atom is -0.372 e. The van der Waals surface area contributed by atoms with Crippen LogP contribution in [0.2, 0.25) is 0 Å². The Morgan fingerprint density at radius 1 is 0.792 bits per heavy atom. The van der Waals surface area contributed by atoms with E-state index in [2.05, 4.69) is 35.2 Å². The average Bonchev–Trinajstić information content (AvgIpc) is 3.11. The molecule has 0 aliphatic carbocycles. The standard InChI is InChI=1S/C21H18FNO/c22-18-9-11-20(12-10-18)23(19-7-2-1-3-8-19)13-16-5-4-6-17-14-24-15-21(16)17/h1-12H,13-15H2. The summed E-state index contributed by atoms with van der Waals surface area (Å²) in [6.45, 7) is 2.07. The average molecular weight is 319 g/mol. The molecule has 0 amide bonds. The van der Waals surface area contributed by atoms with Gasteiger partial charge in [-0.2, -0.15) is 0 Å². The first-order valence-electron chi connectivity index (χ1n) is 8.07. The van der Waals surface area contributed by atoms with Crippen molar-refractivity contribution in [2.75, 3.05) is 4.90 Å². The Morgan fingerprint density at radius 3 is 2.33 bits per heavy atom. The smallest absolute Gasteiger partial charge is 0.123 e. The van der Waals surface area contributed by atoms with Gasteiger partial charge in [0, 0.05) is 17.9 Å². The molecule has 0 saturated heterocycles. The third-order valence-electron chi connectivity index (χ3n) is 4.41. The van der Waals surface area contributed by atoms with E-state index in [0.29, 0.717) is 13.2 Å². The monoisotopic (exact) mass is 319 g/mol. The number of benzene rings is 3. The molecule has 1 aliphatic rings. The zero-order valence-corrected chi connectivity index (χ0v) is 13.3. The lowest BCUT2D eigenvalue weighted by molar-refractivity contribution is 0.134. The number of para-hydroxylation sites is 1. The van der Waals surface area contributed by atoms with Crippen LogP contribution in [0.1, 0.15) is 16.7 Å². The van der Waals surface area contributed by atoms with Gasteiger partial charge in [0.25, 0.3) is 0 Å². The Bertz CT molecular complexity index is 830. The first-order valence-corrected chi connectivity index (χ1v) is 8.07. The third kappa shape index (κ3) is 2.91. The summed E-state index contributed by atoms with van der Waals surface area (Å²) in [7, 11) is 0. The van der Waals surface area contributed by atoms with E-state index in [-0.39, 0.29) is 5.82 Å². The maximum absolute atomic E-state index is 13.3. The Morgan fingerprint density at radius 2 is 1.54 bits per heavy atom. The topological polar surface area (TPSA) is 12.5 Å². The second-order valence-electron chi connectivity index (χ2n) is 5.95. The second-order valence-corrected chi connectivity index (χ2v) is 5.95. The highest BCUT2D eigenvalue weighted by Crippen LogP contribution is 2.31. The predicted molar refractivity (Wildman–Crippen MR) is 93.6 cm³/mol. The van der Waals surface area contributed by atoms with E-state index >= 15 is 0 Å². The summed E-state index contributed by atoms with van der Waals surface area (Å²) in [6, 6.07) is 23.2. The Labute approximate surface area is 141 Å². The van der Waals surface area contributed by atoms with E-state index in [0.717, 1.165) is 17.9 Å². The molecule has 1 aliphatic heterocycles. The van der Waals surface area contributed by atoms with E-state index in [4.69, 9.17) is 4.74 Å². The summed E-state index contributed by atoms with van der Waals surface area (Å²) in [4.78, 5) is 2.20. The summed E-state index contributed by atoms with van der Waals surface area (Å²) in [5.41, 5.74) is 5.85. The van der Waals surface area contributed by atoms with Crippen molar-refractivity contribution in [2.24, 2.45) is 0 Å². The van der Waals surface area contributed by atoms with Crippen molar-refractivity contribution in [3.05, 3.63) is 95.3 Å². The van der Waals surface area contributed by atoms with E-state index in [1.807, 2.05) is 30.3 Å². The predicted octanol–water partition coefficient (Wildman–Crippen LogP) is 5.19. The van der Waals surface area contributed by atoms with Gasteiger partial charge in [0.2, 0.25) is 0 Å². The summed E-state index contributed by atoms with van der Waals surface area (Å²) in [6.07, 6.45) is 0. The highest BCUT2D eigenvalue weighted by molar-refractivity contribution is 5.63. The molecule has 0 bridgehead atoms. The maximum Gasteiger partial charge on any atom is 0.123 e. The Balaban J connectivity index is 1.74. The van der Waals surface area contributed by atoms with Crippen molar-refractivity contribution in [1.29, 1.82) is 0 Å². The molecule has 0 aromatic heterocycles. The van der Waals surface area contributed by atoms with Crippen molar-refractivity contribution in [1.82, 2.24) is 0 Å². The molecule has 3 aromatic rings. The number of halogens is 1. The molecule has 24 heavy (non-hydrogen) atoms. The number of rotatable bonds is 4. The highest BCUT2D eigenvalue weighted by Gasteiger charge is 2.18. The van der Waals surface area contributed by atoms with Crippen LogP contribution in [-0.2, 0) is 24.5 Å². The normalized spacial score (nSPS) is 12.9. The van der Waals surface area contributed by atoms with E-state index in [9.17, 15) is 4.39 Å². The van der Waals surface area contributed by atoms with Crippen molar-refractivity contribution < 1.29 is 9.13 Å². The van der Waals surface area contributed by atoms with Gasteiger partial charge < -0.3 is 9.64 Å². The van der Waals surface area contributed by atoms with Crippen LogP contribution < -0.4 is 4.90 Å². The van der Waals surface area contributed by atoms with E-state index in [1.54, 1.807) is 0 Å². The molecule has 1 heterocycles. The molecule has 0 N–H and O–H groups in total. The van der Waals surface area contributed by atoms with E-state index < -0.39 is 0 Å². The van der Waals surface area contributed by atoms with Gasteiger partial charge in [-0.3, -0.25) is 0 Å². The maximum atomic E-state index is 13.3. The fourth-order valence-corrected chi connectivity index (χ4v) is 3.15. The number of ether oxygens (including phenoxy) is 1. The van der Waals surface area contributed by atoms with Crippen LogP contribution >= 0.6 is 0 Å². The lowest BCUT2D eigenvalue weighted by Gasteiger charge is -2.26. The van der Waals surface area contributed by atoms with Crippen LogP contribution in [0.4, 0.5) is 15.8 Å². The molecule has 0 atom stereocenters. The van der Waals surface area contributed by atoms with Crippen molar-refractivity contribution >= 4 is 11.4 Å². The van der Waals surface area contributed by atoms with Gasteiger partial charge in [0.05, 0.1) is 13.2 Å². The molecule has 0 radical (unpaired) electrons. The van der Waals surface area contributed by atoms with Gasteiger partial charge in [-0.1, -0.05) is 36.4 Å². The molecule has 0 spiro atoms. The van der Waals surface area contributed by atoms with Crippen LogP contribution in [0.25, 0.3) is 0 Å². The summed E-state index contributed by atoms with van der Waals surface area (Å²) in [5.74, 6) is -0.222. The fourth-order valence-electron chi connectivity index (χ4n) is 3.15. The number of anilines is 2. The third-order valence-corrected chi connectivity index (χ3v) is 4.41. The van der Waals surface area contributed by atoms with Gasteiger partial charge in [-0.05, 0) is 53.1 Å². The quantitative estimate of drug-likeness (QED) is 0.656. The lowest BCUT2D eigenvalue weighted by atomic mass is 10.0. The zero-order valence-electron chi connectivity index (χ0n) is 13.3. The fraction of sp³-hybridized carbons (Fsp3) is 0.143. The molecule has 4 rings (SSSR count). The molecule has 0 saturated carbocycles. The van der Waals surface area contributed by atoms with Gasteiger partial charge in [-0.25, -0.2) is 4.39 Å². The molecular formula is C21H18FNO. The number of nitrogens with zero attached hydrogens (tertiary/aromatic N) is 1. The van der Waals surface area contributed by atoms with Gasteiger partial charge >= 0.3 is 0 Å². The molecule has 0 fully saturated rings. The van der Waals surface area contributed by atoms with Crippen LogP contribution in [0, 0.1) is 5.82 Å². The first kappa shape index (κ1) is 14.9. The second kappa shape index (κ2) is 6.46. The molecular weight excluding hydrogens is 301 g/mol. The van der Waals surface area contributed by atoms with Crippen LogP contribution in [-0.4, -0.2) is 0 Å². The van der Waals surface area contributed by atoms with Gasteiger partial charge in [0.1, 0.15) is 5.82 Å². The van der Waals surface area contributed by atoms with Gasteiger partial charge in [-0.15, -0.1) is 0 Å². The lowest BCUT2D eigenvalue weighted by Crippen LogP contribution is -2.17. The van der Waals surface area contributed by atoms with Crippen molar-refractivity contribution in [3.63, 3.8) is 0 Å².